The number of unbranched alkanes of at least 4 members (excludes halogenated alkanes) is 2. The van der Waals surface area contributed by atoms with Crippen LogP contribution in [0.3, 0.4) is 0 Å². The molecule has 2 bridgehead atoms. The average molecular weight is 454 g/mol. The fourth-order valence-corrected chi connectivity index (χ4v) is 7.14. The lowest BCUT2D eigenvalue weighted by atomic mass is 9.55. The molecule has 178 valence electrons. The predicted octanol–water partition coefficient (Wildman–Crippen LogP) is 4.31. The molecule has 0 spiro atoms. The fraction of sp³-hybridized carbons (Fsp3) is 0.920. The molecule has 3 unspecified atom stereocenters. The molecule has 3 saturated carbocycles. The molecule has 6 heteroatoms. The SMILES string of the molecule is CN(C)CCCCCSCC(=O)O[C@@H]1CC(C)(C)[C@@H](O)CC23CCCC1C2C(=O)CC3. The number of hydrogen-bond acceptors (Lipinski definition) is 6. The van der Waals surface area contributed by atoms with Crippen LogP contribution in [0.1, 0.15) is 78.1 Å². The zero-order valence-electron chi connectivity index (χ0n) is 20.0. The summed E-state index contributed by atoms with van der Waals surface area (Å²) in [6.45, 7) is 5.29. The number of nitrogens with zero attached hydrogens (tertiary/aromatic N) is 1. The van der Waals surface area contributed by atoms with E-state index >= 15 is 0 Å². The van der Waals surface area contributed by atoms with Gasteiger partial charge in [0, 0.05) is 18.3 Å². The highest BCUT2D eigenvalue weighted by molar-refractivity contribution is 7.99. The molecule has 0 aromatic carbocycles. The van der Waals surface area contributed by atoms with Crippen molar-refractivity contribution < 1.29 is 19.4 Å². The third-order valence-corrected chi connectivity index (χ3v) is 9.14. The maximum atomic E-state index is 12.9. The van der Waals surface area contributed by atoms with E-state index in [1.54, 1.807) is 11.8 Å². The molecule has 3 aliphatic carbocycles. The molecule has 5 atom stereocenters. The minimum atomic E-state index is -0.460. The van der Waals surface area contributed by atoms with Crippen LogP contribution in [-0.4, -0.2) is 66.1 Å². The number of rotatable bonds is 9. The molecule has 3 fully saturated rings. The zero-order valence-corrected chi connectivity index (χ0v) is 20.8. The van der Waals surface area contributed by atoms with Gasteiger partial charge in [-0.1, -0.05) is 26.7 Å². The van der Waals surface area contributed by atoms with Crippen molar-refractivity contribution >= 4 is 23.5 Å². The van der Waals surface area contributed by atoms with Crippen LogP contribution in [0.4, 0.5) is 0 Å². The predicted molar refractivity (Wildman–Crippen MR) is 126 cm³/mol. The molecule has 0 aromatic heterocycles. The van der Waals surface area contributed by atoms with Gasteiger partial charge in [0.2, 0.25) is 0 Å². The van der Waals surface area contributed by atoms with Crippen molar-refractivity contribution in [3.05, 3.63) is 0 Å². The molecule has 0 radical (unpaired) electrons. The second-order valence-electron chi connectivity index (χ2n) is 11.2. The first kappa shape index (κ1) is 25.0. The first-order valence-electron chi connectivity index (χ1n) is 12.3. The Labute approximate surface area is 193 Å². The Kier molecular flexibility index (Phi) is 8.53. The minimum absolute atomic E-state index is 0.0332. The first-order chi connectivity index (χ1) is 14.6. The number of esters is 1. The van der Waals surface area contributed by atoms with E-state index in [1.165, 1.54) is 12.8 Å². The monoisotopic (exact) mass is 453 g/mol. The second kappa shape index (κ2) is 10.6. The number of carbonyl (C=O) groups is 2. The van der Waals surface area contributed by atoms with E-state index in [2.05, 4.69) is 32.8 Å². The quantitative estimate of drug-likeness (QED) is 0.414. The van der Waals surface area contributed by atoms with Gasteiger partial charge in [-0.2, -0.15) is 11.8 Å². The Bertz CT molecular complexity index is 637. The van der Waals surface area contributed by atoms with Crippen molar-refractivity contribution in [2.75, 3.05) is 32.1 Å². The second-order valence-corrected chi connectivity index (χ2v) is 12.3. The van der Waals surface area contributed by atoms with Crippen molar-refractivity contribution in [2.24, 2.45) is 22.7 Å². The van der Waals surface area contributed by atoms with Gasteiger partial charge in [-0.15, -0.1) is 0 Å². The summed E-state index contributed by atoms with van der Waals surface area (Å²) in [7, 11) is 4.19. The van der Waals surface area contributed by atoms with E-state index in [9.17, 15) is 14.7 Å². The summed E-state index contributed by atoms with van der Waals surface area (Å²) >= 11 is 1.66. The molecule has 0 saturated heterocycles. The van der Waals surface area contributed by atoms with Crippen molar-refractivity contribution in [1.82, 2.24) is 4.90 Å². The molecule has 3 aliphatic rings. The Balaban J connectivity index is 1.58. The summed E-state index contributed by atoms with van der Waals surface area (Å²) in [5, 5.41) is 11.1. The van der Waals surface area contributed by atoms with Crippen LogP contribution in [-0.2, 0) is 14.3 Å². The summed E-state index contributed by atoms with van der Waals surface area (Å²) in [6.07, 6.45) is 8.70. The summed E-state index contributed by atoms with van der Waals surface area (Å²) in [5.74, 6) is 1.62. The molecule has 0 aromatic rings. The summed E-state index contributed by atoms with van der Waals surface area (Å²) in [5.41, 5.74) is -0.396. The number of aliphatic hydroxyl groups is 1. The zero-order chi connectivity index (χ0) is 22.6. The van der Waals surface area contributed by atoms with E-state index in [-0.39, 0.29) is 34.7 Å². The largest absolute Gasteiger partial charge is 0.461 e. The van der Waals surface area contributed by atoms with E-state index in [4.69, 9.17) is 4.74 Å². The average Bonchev–Trinajstić information content (AvgIpc) is 3.02. The van der Waals surface area contributed by atoms with E-state index in [0.717, 1.165) is 50.8 Å². The van der Waals surface area contributed by atoms with Crippen LogP contribution in [0.25, 0.3) is 0 Å². The number of hydrogen-bond donors (Lipinski definition) is 1. The number of ketones is 1. The smallest absolute Gasteiger partial charge is 0.316 e. The van der Waals surface area contributed by atoms with Gasteiger partial charge in [0.1, 0.15) is 11.9 Å². The topological polar surface area (TPSA) is 66.8 Å². The highest BCUT2D eigenvalue weighted by Crippen LogP contribution is 2.59. The number of Topliss-reactive ketones (excluding diaryl/α,β-unsaturated/α-hetero) is 1. The maximum absolute atomic E-state index is 12.9. The Morgan fingerprint density at radius 2 is 1.97 bits per heavy atom. The van der Waals surface area contributed by atoms with Gasteiger partial charge >= 0.3 is 5.97 Å². The molecule has 3 rings (SSSR count). The fourth-order valence-electron chi connectivity index (χ4n) is 6.35. The Morgan fingerprint density at radius 1 is 1.19 bits per heavy atom. The lowest BCUT2D eigenvalue weighted by Gasteiger charge is -2.51. The maximum Gasteiger partial charge on any atom is 0.316 e. The third-order valence-electron chi connectivity index (χ3n) is 8.12. The molecule has 5 nitrogen and oxygen atoms in total. The van der Waals surface area contributed by atoms with Crippen molar-refractivity contribution in [3.8, 4) is 0 Å². The molecule has 31 heavy (non-hydrogen) atoms. The summed E-state index contributed by atoms with van der Waals surface area (Å²) < 4.78 is 6.08. The third kappa shape index (κ3) is 6.05. The summed E-state index contributed by atoms with van der Waals surface area (Å²) in [6, 6.07) is 0. The number of ether oxygens (including phenoxy) is 1. The van der Waals surface area contributed by atoms with Gasteiger partial charge in [0.15, 0.2) is 0 Å². The number of thioether (sulfide) groups is 1. The van der Waals surface area contributed by atoms with Gasteiger partial charge in [-0.3, -0.25) is 9.59 Å². The lowest BCUT2D eigenvalue weighted by Crippen LogP contribution is -2.52. The lowest BCUT2D eigenvalue weighted by molar-refractivity contribution is -0.166. The Hall–Kier alpha value is -0.590. The molecule has 1 N–H and O–H groups in total. The molecule has 0 aliphatic heterocycles. The first-order valence-corrected chi connectivity index (χ1v) is 13.4. The van der Waals surface area contributed by atoms with Gasteiger partial charge < -0.3 is 14.7 Å². The van der Waals surface area contributed by atoms with Gasteiger partial charge in [0.05, 0.1) is 11.9 Å². The summed E-state index contributed by atoms with van der Waals surface area (Å²) in [4.78, 5) is 27.8. The molecular weight excluding hydrogens is 410 g/mol. The molecule has 0 amide bonds. The van der Waals surface area contributed by atoms with Crippen molar-refractivity contribution in [3.63, 3.8) is 0 Å². The van der Waals surface area contributed by atoms with Crippen LogP contribution in [0.15, 0.2) is 0 Å². The van der Waals surface area contributed by atoms with Crippen LogP contribution < -0.4 is 0 Å². The van der Waals surface area contributed by atoms with Gasteiger partial charge in [-0.25, -0.2) is 0 Å². The Morgan fingerprint density at radius 3 is 2.71 bits per heavy atom. The van der Waals surface area contributed by atoms with Crippen LogP contribution in [0.5, 0.6) is 0 Å². The normalized spacial score (nSPS) is 34.8. The van der Waals surface area contributed by atoms with Gasteiger partial charge in [-0.05, 0) is 82.2 Å². The van der Waals surface area contributed by atoms with E-state index < -0.39 is 6.10 Å². The van der Waals surface area contributed by atoms with Crippen molar-refractivity contribution in [2.45, 2.75) is 90.3 Å². The van der Waals surface area contributed by atoms with Crippen LogP contribution in [0.2, 0.25) is 0 Å². The van der Waals surface area contributed by atoms with Crippen LogP contribution >= 0.6 is 11.8 Å². The van der Waals surface area contributed by atoms with E-state index in [0.29, 0.717) is 24.4 Å². The molecular formula is C25H43NO4S. The van der Waals surface area contributed by atoms with Crippen molar-refractivity contribution in [1.29, 1.82) is 0 Å². The molecule has 0 heterocycles. The highest BCUT2D eigenvalue weighted by atomic mass is 32.2. The van der Waals surface area contributed by atoms with Gasteiger partial charge in [0.25, 0.3) is 0 Å². The van der Waals surface area contributed by atoms with Crippen LogP contribution in [0, 0.1) is 22.7 Å². The standard InChI is InChI=1S/C25H43NO4S/c1-24(2)15-20(30-22(29)17-31-14-7-5-6-13-26(3)4)18-9-8-11-25(16-21(24)28)12-10-19(27)23(18)25/h18,20-21,23,28H,5-17H2,1-4H3/t18?,20-,21+,23?,25?/m1/s1. The number of carbonyl (C=O) groups excluding carboxylic acids is 2. The van der Waals surface area contributed by atoms with E-state index in [1.807, 2.05) is 0 Å². The highest BCUT2D eigenvalue weighted by Gasteiger charge is 2.58. The number of aliphatic hydroxyl groups excluding tert-OH is 1. The minimum Gasteiger partial charge on any atom is -0.461 e.